The van der Waals surface area contributed by atoms with Gasteiger partial charge in [-0.15, -0.1) is 0 Å². The number of hydrogen-bond acceptors (Lipinski definition) is 5. The number of ether oxygens (including phenoxy) is 1. The zero-order valence-corrected chi connectivity index (χ0v) is 14.7. The van der Waals surface area contributed by atoms with Gasteiger partial charge in [0.2, 0.25) is 10.0 Å². The summed E-state index contributed by atoms with van der Waals surface area (Å²) in [6.45, 7) is 3.35. The molecule has 1 heterocycles. The summed E-state index contributed by atoms with van der Waals surface area (Å²) in [4.78, 5) is 22.9. The molecule has 1 aliphatic heterocycles. The van der Waals surface area contributed by atoms with Crippen LogP contribution in [0.25, 0.3) is 0 Å². The van der Waals surface area contributed by atoms with Gasteiger partial charge in [-0.25, -0.2) is 13.2 Å². The highest BCUT2D eigenvalue weighted by Crippen LogP contribution is 2.29. The van der Waals surface area contributed by atoms with Gasteiger partial charge >= 0.3 is 11.9 Å². The number of hydrogen-bond donors (Lipinski definition) is 1. The number of esters is 1. The lowest BCUT2D eigenvalue weighted by Gasteiger charge is -2.35. The average molecular weight is 355 g/mol. The van der Waals surface area contributed by atoms with Gasteiger partial charge in [0.1, 0.15) is 0 Å². The van der Waals surface area contributed by atoms with Crippen LogP contribution < -0.4 is 0 Å². The maximum Gasteiger partial charge on any atom is 0.338 e. The molecule has 7 nitrogen and oxygen atoms in total. The van der Waals surface area contributed by atoms with Crippen molar-refractivity contribution in [3.05, 3.63) is 29.3 Å². The first-order valence-corrected chi connectivity index (χ1v) is 9.06. The van der Waals surface area contributed by atoms with E-state index in [1.165, 1.54) is 29.6 Å². The van der Waals surface area contributed by atoms with Gasteiger partial charge in [0.05, 0.1) is 23.5 Å². The molecule has 1 fully saturated rings. The van der Waals surface area contributed by atoms with Crippen LogP contribution in [0.2, 0.25) is 0 Å². The molecule has 0 radical (unpaired) electrons. The van der Waals surface area contributed by atoms with Crippen molar-refractivity contribution in [2.45, 2.75) is 37.6 Å². The van der Waals surface area contributed by atoms with Crippen molar-refractivity contribution in [2.75, 3.05) is 13.7 Å². The maximum atomic E-state index is 12.9. The third kappa shape index (κ3) is 3.44. The number of carbonyl (C=O) groups excluding carboxylic acids is 1. The quantitative estimate of drug-likeness (QED) is 0.824. The van der Waals surface area contributed by atoms with E-state index in [4.69, 9.17) is 0 Å². The van der Waals surface area contributed by atoms with E-state index in [-0.39, 0.29) is 17.5 Å². The molecule has 1 aromatic rings. The molecule has 2 atom stereocenters. The Labute approximate surface area is 141 Å². The summed E-state index contributed by atoms with van der Waals surface area (Å²) in [5.41, 5.74) is 0.786. The lowest BCUT2D eigenvalue weighted by Crippen LogP contribution is -2.47. The van der Waals surface area contributed by atoms with Crippen LogP contribution in [0, 0.1) is 12.8 Å². The van der Waals surface area contributed by atoms with Crippen molar-refractivity contribution >= 4 is 22.0 Å². The molecular weight excluding hydrogens is 334 g/mol. The van der Waals surface area contributed by atoms with Gasteiger partial charge < -0.3 is 9.84 Å². The number of carboxylic acids is 1. The van der Waals surface area contributed by atoms with E-state index in [0.717, 1.165) is 0 Å². The number of rotatable bonds is 4. The molecule has 0 bridgehead atoms. The fourth-order valence-electron chi connectivity index (χ4n) is 2.88. The molecule has 1 N–H and O–H groups in total. The molecule has 1 aromatic carbocycles. The Morgan fingerprint density at radius 1 is 1.29 bits per heavy atom. The zero-order valence-electron chi connectivity index (χ0n) is 13.9. The van der Waals surface area contributed by atoms with Crippen LogP contribution in [0.4, 0.5) is 0 Å². The second kappa shape index (κ2) is 6.90. The Morgan fingerprint density at radius 2 is 1.96 bits per heavy atom. The first kappa shape index (κ1) is 18.4. The van der Waals surface area contributed by atoms with Crippen LogP contribution in [0.5, 0.6) is 0 Å². The smallest absolute Gasteiger partial charge is 0.338 e. The Hall–Kier alpha value is -1.93. The molecule has 0 aromatic heterocycles. The third-order valence-electron chi connectivity index (χ3n) is 4.38. The predicted octanol–water partition coefficient (Wildman–Crippen LogP) is 1.66. The van der Waals surface area contributed by atoms with Gasteiger partial charge in [-0.1, -0.05) is 0 Å². The molecule has 0 spiro atoms. The van der Waals surface area contributed by atoms with Crippen molar-refractivity contribution in [3.8, 4) is 0 Å². The summed E-state index contributed by atoms with van der Waals surface area (Å²) in [5.74, 6) is -2.22. The van der Waals surface area contributed by atoms with E-state index in [9.17, 15) is 23.1 Å². The van der Waals surface area contributed by atoms with Crippen molar-refractivity contribution < 1.29 is 27.9 Å². The van der Waals surface area contributed by atoms with E-state index in [2.05, 4.69) is 4.74 Å². The van der Waals surface area contributed by atoms with Gasteiger partial charge in [-0.05, 0) is 50.5 Å². The van der Waals surface area contributed by atoms with Crippen molar-refractivity contribution in [2.24, 2.45) is 5.92 Å². The third-order valence-corrected chi connectivity index (χ3v) is 6.36. The highest BCUT2D eigenvalue weighted by molar-refractivity contribution is 7.89. The minimum absolute atomic E-state index is 0.0450. The first-order chi connectivity index (χ1) is 11.2. The molecule has 132 valence electrons. The van der Waals surface area contributed by atoms with Crippen LogP contribution in [0.3, 0.4) is 0 Å². The highest BCUT2D eigenvalue weighted by atomic mass is 32.2. The molecule has 0 aliphatic carbocycles. The first-order valence-electron chi connectivity index (χ1n) is 7.62. The second-order valence-corrected chi connectivity index (χ2v) is 7.90. The summed E-state index contributed by atoms with van der Waals surface area (Å²) in [6.07, 6.45) is 0.957. The van der Waals surface area contributed by atoms with Gasteiger partial charge in [0.25, 0.3) is 0 Å². The van der Waals surface area contributed by atoms with Crippen molar-refractivity contribution in [1.82, 2.24) is 4.31 Å². The summed E-state index contributed by atoms with van der Waals surface area (Å²) < 4.78 is 31.7. The van der Waals surface area contributed by atoms with Crippen LogP contribution in [-0.2, 0) is 19.6 Å². The topological polar surface area (TPSA) is 101 Å². The molecule has 8 heteroatoms. The molecule has 0 amide bonds. The number of carboxylic acid groups (broad SMARTS) is 1. The molecule has 1 saturated heterocycles. The number of aliphatic carboxylic acids is 1. The average Bonchev–Trinajstić information content (AvgIpc) is 2.53. The van der Waals surface area contributed by atoms with Crippen LogP contribution >= 0.6 is 0 Å². The molecule has 24 heavy (non-hydrogen) atoms. The van der Waals surface area contributed by atoms with Crippen molar-refractivity contribution in [3.63, 3.8) is 0 Å². The second-order valence-electron chi connectivity index (χ2n) is 6.00. The van der Waals surface area contributed by atoms with E-state index >= 15 is 0 Å². The minimum atomic E-state index is -3.83. The Balaban J connectivity index is 2.37. The summed E-state index contributed by atoms with van der Waals surface area (Å²) in [6, 6.07) is 3.91. The zero-order chi connectivity index (χ0) is 18.1. The van der Waals surface area contributed by atoms with Gasteiger partial charge in [-0.2, -0.15) is 4.31 Å². The maximum absolute atomic E-state index is 12.9. The molecule has 2 rings (SSSR count). The number of sulfonamides is 1. The molecule has 0 saturated carbocycles. The number of carbonyl (C=O) groups is 2. The predicted molar refractivity (Wildman–Crippen MR) is 86.2 cm³/mol. The van der Waals surface area contributed by atoms with Gasteiger partial charge in [-0.3, -0.25) is 4.79 Å². The van der Waals surface area contributed by atoms with E-state index < -0.39 is 27.9 Å². The minimum Gasteiger partial charge on any atom is -0.481 e. The number of benzene rings is 1. The van der Waals surface area contributed by atoms with E-state index in [1.807, 2.05) is 0 Å². The van der Waals surface area contributed by atoms with Crippen LogP contribution in [0.15, 0.2) is 23.1 Å². The molecular formula is C16H21NO6S. The number of aryl methyl sites for hydroxylation is 1. The Kier molecular flexibility index (Phi) is 5.29. The molecule has 1 aliphatic rings. The number of piperidine rings is 1. The van der Waals surface area contributed by atoms with Gasteiger partial charge in [0.15, 0.2) is 0 Å². The number of nitrogens with zero attached hydrogens (tertiary/aromatic N) is 1. The fourth-order valence-corrected chi connectivity index (χ4v) is 4.67. The Bertz CT molecular complexity index is 758. The van der Waals surface area contributed by atoms with E-state index in [1.54, 1.807) is 13.8 Å². The lowest BCUT2D eigenvalue weighted by atomic mass is 9.96. The summed E-state index contributed by atoms with van der Waals surface area (Å²) in [7, 11) is -2.57. The lowest BCUT2D eigenvalue weighted by molar-refractivity contribution is -0.143. The van der Waals surface area contributed by atoms with Crippen molar-refractivity contribution in [1.29, 1.82) is 0 Å². The number of methoxy groups -OCH3 is 1. The van der Waals surface area contributed by atoms with Crippen LogP contribution in [0.1, 0.15) is 35.7 Å². The fraction of sp³-hybridized carbons (Fsp3) is 0.500. The summed E-state index contributed by atoms with van der Waals surface area (Å²) in [5, 5.41) is 9.17. The normalized spacial score (nSPS) is 22.1. The van der Waals surface area contributed by atoms with E-state index in [0.29, 0.717) is 24.0 Å². The standard InChI is InChI=1S/C16H21NO6S/c1-10-8-13(6-7-14(10)16(20)23-3)24(21,22)17-9-12(15(18)19)5-4-11(17)2/h6-8,11-12H,4-5,9H2,1-3H3,(H,18,19). The Morgan fingerprint density at radius 3 is 2.50 bits per heavy atom. The highest BCUT2D eigenvalue weighted by Gasteiger charge is 2.37. The molecule has 2 unspecified atom stereocenters. The SMILES string of the molecule is COC(=O)c1ccc(S(=O)(=O)N2CC(C(=O)O)CCC2C)cc1C. The van der Waals surface area contributed by atoms with Crippen LogP contribution in [-0.4, -0.2) is 49.5 Å². The van der Waals surface area contributed by atoms with Gasteiger partial charge in [0, 0.05) is 12.6 Å². The largest absolute Gasteiger partial charge is 0.481 e. The summed E-state index contributed by atoms with van der Waals surface area (Å²) >= 11 is 0. The monoisotopic (exact) mass is 355 g/mol.